The third kappa shape index (κ3) is 3.84. The zero-order valence-electron chi connectivity index (χ0n) is 11.1. The first-order chi connectivity index (χ1) is 9.56. The van der Waals surface area contributed by atoms with Crippen molar-refractivity contribution in [2.75, 3.05) is 0 Å². The number of hydrogen-bond acceptors (Lipinski definition) is 2. The molecule has 0 unspecified atom stereocenters. The number of hydrogen-bond donors (Lipinski definition) is 1. The monoisotopic (exact) mass is 334 g/mol. The van der Waals surface area contributed by atoms with E-state index in [0.717, 1.165) is 26.9 Å². The first-order valence-electron chi connectivity index (χ1n) is 6.24. The maximum absolute atomic E-state index is 10.7. The number of carboxylic acids is 1. The van der Waals surface area contributed by atoms with E-state index in [1.165, 1.54) is 0 Å². The van der Waals surface area contributed by atoms with Crippen LogP contribution in [0.1, 0.15) is 16.7 Å². The van der Waals surface area contributed by atoms with Crippen LogP contribution < -0.4 is 4.74 Å². The highest BCUT2D eigenvalue weighted by atomic mass is 79.9. The van der Waals surface area contributed by atoms with Gasteiger partial charge in [0.25, 0.3) is 0 Å². The second-order valence-corrected chi connectivity index (χ2v) is 5.42. The van der Waals surface area contributed by atoms with Crippen LogP contribution in [0.4, 0.5) is 0 Å². The third-order valence-electron chi connectivity index (χ3n) is 2.87. The summed E-state index contributed by atoms with van der Waals surface area (Å²) < 4.78 is 6.60. The topological polar surface area (TPSA) is 46.5 Å². The molecular formula is C16H15BrO3. The first kappa shape index (κ1) is 14.6. The number of aryl methyl sites for hydroxylation is 1. The molecule has 0 saturated heterocycles. The lowest BCUT2D eigenvalue weighted by Gasteiger charge is -2.13. The van der Waals surface area contributed by atoms with Crippen molar-refractivity contribution in [1.29, 1.82) is 0 Å². The van der Waals surface area contributed by atoms with Crippen molar-refractivity contribution >= 4 is 21.9 Å². The second kappa shape index (κ2) is 6.57. The summed E-state index contributed by atoms with van der Waals surface area (Å²) in [6.07, 6.45) is 0.0123. The minimum Gasteiger partial charge on any atom is -0.487 e. The molecule has 0 aliphatic rings. The van der Waals surface area contributed by atoms with Gasteiger partial charge >= 0.3 is 5.97 Å². The molecule has 0 radical (unpaired) electrons. The van der Waals surface area contributed by atoms with Crippen LogP contribution in [0.15, 0.2) is 46.9 Å². The van der Waals surface area contributed by atoms with E-state index in [4.69, 9.17) is 9.84 Å². The van der Waals surface area contributed by atoms with Gasteiger partial charge in [0.15, 0.2) is 0 Å². The van der Waals surface area contributed by atoms with Gasteiger partial charge < -0.3 is 9.84 Å². The summed E-state index contributed by atoms with van der Waals surface area (Å²) in [7, 11) is 0. The Labute approximate surface area is 126 Å². The van der Waals surface area contributed by atoms with Crippen molar-refractivity contribution in [2.45, 2.75) is 20.0 Å². The van der Waals surface area contributed by atoms with Crippen molar-refractivity contribution in [2.24, 2.45) is 0 Å². The Hall–Kier alpha value is -1.81. The molecule has 104 valence electrons. The van der Waals surface area contributed by atoms with Gasteiger partial charge in [-0.15, -0.1) is 0 Å². The van der Waals surface area contributed by atoms with Gasteiger partial charge in [0.05, 0.1) is 10.9 Å². The van der Waals surface area contributed by atoms with Crippen LogP contribution in [0, 0.1) is 6.92 Å². The smallest absolute Gasteiger partial charge is 0.307 e. The van der Waals surface area contributed by atoms with Gasteiger partial charge in [-0.2, -0.15) is 0 Å². The van der Waals surface area contributed by atoms with E-state index in [9.17, 15) is 4.79 Å². The Kier molecular flexibility index (Phi) is 4.79. The van der Waals surface area contributed by atoms with Crippen molar-refractivity contribution < 1.29 is 14.6 Å². The molecule has 2 aromatic rings. The fraction of sp³-hybridized carbons (Fsp3) is 0.188. The molecule has 0 aliphatic carbocycles. The summed E-state index contributed by atoms with van der Waals surface area (Å²) in [6, 6.07) is 13.5. The fourth-order valence-corrected chi connectivity index (χ4v) is 2.71. The van der Waals surface area contributed by atoms with Crippen LogP contribution in [-0.2, 0) is 17.8 Å². The molecule has 0 bridgehead atoms. The minimum absolute atomic E-state index is 0.0123. The summed E-state index contributed by atoms with van der Waals surface area (Å²) in [5, 5.41) is 8.82. The Bertz CT molecular complexity index is 585. The molecule has 20 heavy (non-hydrogen) atoms. The molecule has 0 atom stereocenters. The van der Waals surface area contributed by atoms with Crippen molar-refractivity contribution in [3.8, 4) is 5.75 Å². The average molecular weight is 335 g/mol. The lowest BCUT2D eigenvalue weighted by Crippen LogP contribution is -2.02. The van der Waals surface area contributed by atoms with E-state index in [1.807, 2.05) is 43.3 Å². The number of benzene rings is 2. The number of carbonyl (C=O) groups is 1. The van der Waals surface area contributed by atoms with E-state index < -0.39 is 5.97 Å². The summed E-state index contributed by atoms with van der Waals surface area (Å²) in [6.45, 7) is 2.40. The minimum atomic E-state index is -0.839. The SMILES string of the molecule is Cc1cc(CC(=O)O)cc(Br)c1OCc1ccccc1. The van der Waals surface area contributed by atoms with Crippen LogP contribution in [0.3, 0.4) is 0 Å². The molecule has 0 aliphatic heterocycles. The normalized spacial score (nSPS) is 10.3. The average Bonchev–Trinajstić information content (AvgIpc) is 2.38. The highest BCUT2D eigenvalue weighted by Gasteiger charge is 2.10. The van der Waals surface area contributed by atoms with E-state index in [1.54, 1.807) is 6.07 Å². The Balaban J connectivity index is 2.14. The number of aliphatic carboxylic acids is 1. The maximum Gasteiger partial charge on any atom is 0.307 e. The zero-order valence-corrected chi connectivity index (χ0v) is 12.7. The Morgan fingerprint density at radius 2 is 1.90 bits per heavy atom. The zero-order chi connectivity index (χ0) is 14.5. The number of carboxylic acid groups (broad SMARTS) is 1. The van der Waals surface area contributed by atoms with Gasteiger partial charge in [-0.3, -0.25) is 4.79 Å². The largest absolute Gasteiger partial charge is 0.487 e. The highest BCUT2D eigenvalue weighted by Crippen LogP contribution is 2.31. The number of rotatable bonds is 5. The quantitative estimate of drug-likeness (QED) is 0.900. The number of halogens is 1. The van der Waals surface area contributed by atoms with Crippen molar-refractivity contribution in [1.82, 2.24) is 0 Å². The second-order valence-electron chi connectivity index (χ2n) is 4.57. The molecule has 1 N–H and O–H groups in total. The van der Waals surface area contributed by atoms with Crippen LogP contribution >= 0.6 is 15.9 Å². The van der Waals surface area contributed by atoms with Gasteiger partial charge in [0.2, 0.25) is 0 Å². The molecule has 0 heterocycles. The standard InChI is InChI=1S/C16H15BrO3/c1-11-7-13(9-15(18)19)8-14(17)16(11)20-10-12-5-3-2-4-6-12/h2-8H,9-10H2,1H3,(H,18,19). The lowest BCUT2D eigenvalue weighted by atomic mass is 10.1. The van der Waals surface area contributed by atoms with Crippen molar-refractivity contribution in [3.63, 3.8) is 0 Å². The van der Waals surface area contributed by atoms with Crippen LogP contribution in [-0.4, -0.2) is 11.1 Å². The molecule has 3 nitrogen and oxygen atoms in total. The van der Waals surface area contributed by atoms with Gasteiger partial charge in [0.1, 0.15) is 12.4 Å². The molecule has 0 saturated carbocycles. The van der Waals surface area contributed by atoms with E-state index >= 15 is 0 Å². The van der Waals surface area contributed by atoms with Gasteiger partial charge in [-0.1, -0.05) is 36.4 Å². The van der Waals surface area contributed by atoms with Crippen LogP contribution in [0.5, 0.6) is 5.75 Å². The fourth-order valence-electron chi connectivity index (χ4n) is 1.99. The van der Waals surface area contributed by atoms with Crippen LogP contribution in [0.25, 0.3) is 0 Å². The molecule has 0 fully saturated rings. The summed E-state index contributed by atoms with van der Waals surface area (Å²) in [5.74, 6) is -0.0859. The molecule has 2 aromatic carbocycles. The van der Waals surface area contributed by atoms with E-state index in [2.05, 4.69) is 15.9 Å². The van der Waals surface area contributed by atoms with Gasteiger partial charge in [-0.25, -0.2) is 0 Å². The summed E-state index contributed by atoms with van der Waals surface area (Å²) >= 11 is 3.44. The summed E-state index contributed by atoms with van der Waals surface area (Å²) in [5.41, 5.74) is 2.77. The first-order valence-corrected chi connectivity index (χ1v) is 7.03. The Morgan fingerprint density at radius 1 is 1.20 bits per heavy atom. The molecule has 0 aromatic heterocycles. The third-order valence-corrected chi connectivity index (χ3v) is 3.46. The number of ether oxygens (including phenoxy) is 1. The summed E-state index contributed by atoms with van der Waals surface area (Å²) in [4.78, 5) is 10.7. The van der Waals surface area contributed by atoms with E-state index in [-0.39, 0.29) is 6.42 Å². The van der Waals surface area contributed by atoms with Gasteiger partial charge in [0, 0.05) is 0 Å². The predicted molar refractivity (Wildman–Crippen MR) is 81.0 cm³/mol. The lowest BCUT2D eigenvalue weighted by molar-refractivity contribution is -0.136. The molecular weight excluding hydrogens is 320 g/mol. The molecule has 4 heteroatoms. The van der Waals surface area contributed by atoms with Gasteiger partial charge in [-0.05, 0) is 45.6 Å². The Morgan fingerprint density at radius 3 is 2.50 bits per heavy atom. The van der Waals surface area contributed by atoms with Crippen LogP contribution in [0.2, 0.25) is 0 Å². The molecule has 0 spiro atoms. The predicted octanol–water partition coefficient (Wildman–Crippen LogP) is 3.96. The highest BCUT2D eigenvalue weighted by molar-refractivity contribution is 9.10. The molecule has 2 rings (SSSR count). The van der Waals surface area contributed by atoms with Crippen molar-refractivity contribution in [3.05, 3.63) is 63.6 Å². The maximum atomic E-state index is 10.7. The van der Waals surface area contributed by atoms with E-state index in [0.29, 0.717) is 6.61 Å². The molecule has 0 amide bonds.